The smallest absolute Gasteiger partial charge is 0.102 e. The molecule has 0 aromatic heterocycles. The summed E-state index contributed by atoms with van der Waals surface area (Å²) in [5, 5.41) is 0. The fraction of sp³-hybridized carbons (Fsp3) is 0.941. The summed E-state index contributed by atoms with van der Waals surface area (Å²) in [6.45, 7) is 17.7. The van der Waals surface area contributed by atoms with Crippen molar-refractivity contribution in [2.24, 2.45) is 46.3 Å². The van der Waals surface area contributed by atoms with Gasteiger partial charge in [0.05, 0.1) is 32.8 Å². The summed E-state index contributed by atoms with van der Waals surface area (Å²) in [6.07, 6.45) is 21.6. The van der Waals surface area contributed by atoms with Crippen LogP contribution in [0.3, 0.4) is 0 Å². The average Bonchev–Trinajstić information content (AvgIpc) is 3.42. The van der Waals surface area contributed by atoms with Crippen molar-refractivity contribution < 1.29 is 9.22 Å². The average molecular weight is 499 g/mol. The molecule has 36 heavy (non-hydrogen) atoms. The van der Waals surface area contributed by atoms with Crippen molar-refractivity contribution in [1.82, 2.24) is 0 Å². The molecule has 2 heteroatoms. The second-order valence-electron chi connectivity index (χ2n) is 15.5. The number of nitrogens with zero attached hydrogens (tertiary/aromatic N) is 1. The highest BCUT2D eigenvalue weighted by molar-refractivity contribution is 5.25. The second-order valence-corrected chi connectivity index (χ2v) is 15.5. The predicted molar refractivity (Wildman–Crippen MR) is 153 cm³/mol. The Kier molecular flexibility index (Phi) is 8.07. The predicted octanol–water partition coefficient (Wildman–Crippen LogP) is 8.65. The van der Waals surface area contributed by atoms with E-state index in [-0.39, 0.29) is 0 Å². The van der Waals surface area contributed by atoms with Crippen LogP contribution in [0.1, 0.15) is 118 Å². The SMILES string of the molecule is CC(C)CCC[C@@H](C)[C@H]1CC[C@H]2[C@@H]3CC=C4C[C@@H](OCC[N+]5(C)CCCC5)CC[C@]4(C)[C@H]3CC[C@]12C. The highest BCUT2D eigenvalue weighted by Gasteiger charge is 2.59. The lowest BCUT2D eigenvalue weighted by Crippen LogP contribution is -2.51. The van der Waals surface area contributed by atoms with Crippen molar-refractivity contribution in [3.05, 3.63) is 11.6 Å². The third-order valence-electron chi connectivity index (χ3n) is 12.9. The van der Waals surface area contributed by atoms with E-state index in [9.17, 15) is 0 Å². The zero-order valence-electron chi connectivity index (χ0n) is 25.0. The Labute approximate surface area is 224 Å². The van der Waals surface area contributed by atoms with E-state index in [0.29, 0.717) is 16.9 Å². The Balaban J connectivity index is 1.20. The zero-order chi connectivity index (χ0) is 25.6. The van der Waals surface area contributed by atoms with Gasteiger partial charge in [0, 0.05) is 12.8 Å². The highest BCUT2D eigenvalue weighted by atomic mass is 16.5. The summed E-state index contributed by atoms with van der Waals surface area (Å²) in [6, 6.07) is 0. The monoisotopic (exact) mass is 498 g/mol. The minimum Gasteiger partial charge on any atom is -0.372 e. The van der Waals surface area contributed by atoms with E-state index < -0.39 is 0 Å². The van der Waals surface area contributed by atoms with Gasteiger partial charge in [-0.05, 0) is 97.7 Å². The molecule has 3 saturated carbocycles. The number of allylic oxidation sites excluding steroid dienone is 1. The molecule has 0 amide bonds. The Morgan fingerprint density at radius 2 is 1.75 bits per heavy atom. The molecule has 5 aliphatic rings. The molecular weight excluding hydrogens is 438 g/mol. The quantitative estimate of drug-likeness (QED) is 0.228. The third kappa shape index (κ3) is 5.13. The topological polar surface area (TPSA) is 9.23 Å². The van der Waals surface area contributed by atoms with Crippen LogP contribution in [0, 0.1) is 46.3 Å². The molecule has 4 fully saturated rings. The van der Waals surface area contributed by atoms with Gasteiger partial charge in [-0.25, -0.2) is 0 Å². The van der Waals surface area contributed by atoms with E-state index in [4.69, 9.17) is 4.74 Å². The molecule has 2 nitrogen and oxygen atoms in total. The van der Waals surface area contributed by atoms with Crippen molar-refractivity contribution in [1.29, 1.82) is 0 Å². The van der Waals surface area contributed by atoms with Crippen molar-refractivity contribution in [3.63, 3.8) is 0 Å². The van der Waals surface area contributed by atoms with Crippen molar-refractivity contribution in [3.8, 4) is 0 Å². The standard InChI is InChI=1S/C34H60NO/c1-25(2)10-9-11-26(3)30-14-15-31-29-13-12-27-24-28(36-23-22-35(6)20-7-8-21-35)16-18-33(27,4)32(29)17-19-34(30,31)5/h12,25-26,28-32H,7-11,13-24H2,1-6H3/q+1/t26-,28+,29+,30-,31+,32+,33+,34-/m1/s1. The number of likely N-dealkylation sites (N-methyl/N-ethyl adjacent to an activating group) is 1. The molecule has 5 rings (SSSR count). The summed E-state index contributed by atoms with van der Waals surface area (Å²) >= 11 is 0. The molecule has 0 bridgehead atoms. The molecule has 0 radical (unpaired) electrons. The minimum absolute atomic E-state index is 0.457. The first-order valence-electron chi connectivity index (χ1n) is 16.3. The maximum absolute atomic E-state index is 6.56. The lowest BCUT2D eigenvalue weighted by Gasteiger charge is -2.58. The van der Waals surface area contributed by atoms with Gasteiger partial charge in [0.15, 0.2) is 0 Å². The Bertz CT molecular complexity index is 780. The highest BCUT2D eigenvalue weighted by Crippen LogP contribution is 2.67. The first-order valence-corrected chi connectivity index (χ1v) is 16.3. The number of quaternary nitrogens is 1. The van der Waals surface area contributed by atoms with Gasteiger partial charge in [0.2, 0.25) is 0 Å². The normalized spacial score (nSPS) is 42.5. The molecule has 8 atom stereocenters. The summed E-state index contributed by atoms with van der Waals surface area (Å²) < 4.78 is 7.80. The van der Waals surface area contributed by atoms with Gasteiger partial charge in [0.1, 0.15) is 6.54 Å². The molecule has 1 aliphatic heterocycles. The lowest BCUT2D eigenvalue weighted by molar-refractivity contribution is -0.898. The van der Waals surface area contributed by atoms with Gasteiger partial charge >= 0.3 is 0 Å². The maximum Gasteiger partial charge on any atom is 0.102 e. The molecule has 0 spiro atoms. The van der Waals surface area contributed by atoms with Gasteiger partial charge < -0.3 is 9.22 Å². The number of ether oxygens (including phenoxy) is 1. The van der Waals surface area contributed by atoms with Crippen molar-refractivity contribution >= 4 is 0 Å². The van der Waals surface area contributed by atoms with Gasteiger partial charge in [0.25, 0.3) is 0 Å². The lowest BCUT2D eigenvalue weighted by atomic mass is 9.47. The Morgan fingerprint density at radius 1 is 0.972 bits per heavy atom. The molecular formula is C34H60NO+. The van der Waals surface area contributed by atoms with E-state index in [1.165, 1.54) is 108 Å². The number of rotatable bonds is 9. The largest absolute Gasteiger partial charge is 0.372 e. The van der Waals surface area contributed by atoms with Gasteiger partial charge in [-0.2, -0.15) is 0 Å². The summed E-state index contributed by atoms with van der Waals surface area (Å²) in [7, 11) is 2.44. The van der Waals surface area contributed by atoms with Gasteiger partial charge in [-0.3, -0.25) is 0 Å². The van der Waals surface area contributed by atoms with E-state index in [1.54, 1.807) is 5.57 Å². The molecule has 0 unspecified atom stereocenters. The van der Waals surface area contributed by atoms with Crippen LogP contribution in [0.5, 0.6) is 0 Å². The van der Waals surface area contributed by atoms with Crippen molar-refractivity contribution in [2.45, 2.75) is 124 Å². The number of hydrogen-bond acceptors (Lipinski definition) is 1. The maximum atomic E-state index is 6.56. The third-order valence-corrected chi connectivity index (χ3v) is 12.9. The molecule has 0 aromatic rings. The minimum atomic E-state index is 0.457. The zero-order valence-corrected chi connectivity index (χ0v) is 25.0. The molecule has 1 heterocycles. The van der Waals surface area contributed by atoms with Crippen LogP contribution in [0.4, 0.5) is 0 Å². The van der Waals surface area contributed by atoms with E-state index in [1.807, 2.05) is 0 Å². The first-order chi connectivity index (χ1) is 17.1. The van der Waals surface area contributed by atoms with Crippen LogP contribution in [0.2, 0.25) is 0 Å². The molecule has 1 saturated heterocycles. The number of hydrogen-bond donors (Lipinski definition) is 0. The van der Waals surface area contributed by atoms with Crippen molar-refractivity contribution in [2.75, 3.05) is 33.3 Å². The van der Waals surface area contributed by atoms with Crippen LogP contribution >= 0.6 is 0 Å². The summed E-state index contributed by atoms with van der Waals surface area (Å²) in [4.78, 5) is 0. The molecule has 0 aromatic carbocycles. The fourth-order valence-corrected chi connectivity index (χ4v) is 10.6. The van der Waals surface area contributed by atoms with Crippen LogP contribution in [0.15, 0.2) is 11.6 Å². The van der Waals surface area contributed by atoms with Crippen LogP contribution in [-0.2, 0) is 4.74 Å². The summed E-state index contributed by atoms with van der Waals surface area (Å²) in [5.74, 6) is 5.60. The summed E-state index contributed by atoms with van der Waals surface area (Å²) in [5.41, 5.74) is 2.86. The Morgan fingerprint density at radius 3 is 2.50 bits per heavy atom. The number of fused-ring (bicyclic) bond motifs is 5. The van der Waals surface area contributed by atoms with E-state index >= 15 is 0 Å². The van der Waals surface area contributed by atoms with Crippen LogP contribution in [-0.4, -0.2) is 43.9 Å². The van der Waals surface area contributed by atoms with E-state index in [0.717, 1.165) is 42.1 Å². The van der Waals surface area contributed by atoms with E-state index in [2.05, 4.69) is 47.7 Å². The molecule has 4 aliphatic carbocycles. The number of likely N-dealkylation sites (tertiary alicyclic amines) is 1. The van der Waals surface area contributed by atoms with Gasteiger partial charge in [-0.15, -0.1) is 0 Å². The molecule has 0 N–H and O–H groups in total. The molecule has 206 valence electrons. The van der Waals surface area contributed by atoms with Crippen LogP contribution < -0.4 is 0 Å². The first kappa shape index (κ1) is 27.2. The second kappa shape index (κ2) is 10.7. The fourth-order valence-electron chi connectivity index (χ4n) is 10.6. The van der Waals surface area contributed by atoms with Gasteiger partial charge in [-0.1, -0.05) is 65.5 Å². The Hall–Kier alpha value is -0.340. The van der Waals surface area contributed by atoms with Crippen LogP contribution in [0.25, 0.3) is 0 Å².